The highest BCUT2D eigenvalue weighted by molar-refractivity contribution is 9.10. The van der Waals surface area contributed by atoms with Gasteiger partial charge in [-0.25, -0.2) is 9.97 Å². The monoisotopic (exact) mass is 356 g/mol. The summed E-state index contributed by atoms with van der Waals surface area (Å²) in [5, 5.41) is 0.925. The van der Waals surface area contributed by atoms with Crippen LogP contribution in [0.25, 0.3) is 22.6 Å². The highest BCUT2D eigenvalue weighted by Gasteiger charge is 2.15. The first-order valence-corrected chi connectivity index (χ1v) is 6.86. The Morgan fingerprint density at radius 2 is 1.95 bits per heavy atom. The van der Waals surface area contributed by atoms with Crippen molar-refractivity contribution in [3.05, 3.63) is 38.9 Å². The summed E-state index contributed by atoms with van der Waals surface area (Å²) >= 11 is 15.5. The van der Waals surface area contributed by atoms with Crippen LogP contribution in [0.15, 0.2) is 28.9 Å². The predicted octanol–water partition coefficient (Wildman–Crippen LogP) is 4.28. The van der Waals surface area contributed by atoms with Crippen LogP contribution in [0.1, 0.15) is 0 Å². The molecule has 0 aliphatic heterocycles. The van der Waals surface area contributed by atoms with Gasteiger partial charge in [0.05, 0.1) is 26.8 Å². The minimum absolute atomic E-state index is 0.396. The number of anilines is 1. The van der Waals surface area contributed by atoms with Crippen molar-refractivity contribution in [2.24, 2.45) is 0 Å². The molecule has 7 heteroatoms. The van der Waals surface area contributed by atoms with Crippen molar-refractivity contribution in [2.45, 2.75) is 0 Å². The van der Waals surface area contributed by atoms with Crippen LogP contribution in [0.5, 0.6) is 0 Å². The molecule has 0 radical (unpaired) electrons. The molecule has 0 atom stereocenters. The quantitative estimate of drug-likeness (QED) is 0.639. The Morgan fingerprint density at radius 1 is 1.21 bits per heavy atom. The summed E-state index contributed by atoms with van der Waals surface area (Å²) in [7, 11) is 0. The van der Waals surface area contributed by atoms with E-state index < -0.39 is 0 Å². The number of benzene rings is 1. The second-order valence-electron chi connectivity index (χ2n) is 3.93. The average molecular weight is 358 g/mol. The standard InChI is InChI=1S/C12H7BrCl2N4/c13-5-3-8-11(17-4-5)19-12(18-8)9-6(14)1-2-7(15)10(9)16/h1-4H,16H2,(H,17,18,19). The summed E-state index contributed by atoms with van der Waals surface area (Å²) < 4.78 is 0.861. The van der Waals surface area contributed by atoms with Gasteiger partial charge < -0.3 is 10.7 Å². The molecule has 0 spiro atoms. The predicted molar refractivity (Wildman–Crippen MR) is 81.5 cm³/mol. The van der Waals surface area contributed by atoms with E-state index in [1.165, 1.54) is 0 Å². The van der Waals surface area contributed by atoms with Gasteiger partial charge in [-0.05, 0) is 34.1 Å². The Balaban J connectivity index is 2.27. The molecule has 2 aromatic heterocycles. The van der Waals surface area contributed by atoms with Crippen molar-refractivity contribution in [3.8, 4) is 11.4 Å². The molecular formula is C12H7BrCl2N4. The van der Waals surface area contributed by atoms with E-state index in [1.807, 2.05) is 6.07 Å². The summed E-state index contributed by atoms with van der Waals surface area (Å²) in [6.07, 6.45) is 1.68. The zero-order chi connectivity index (χ0) is 13.6. The zero-order valence-electron chi connectivity index (χ0n) is 9.42. The SMILES string of the molecule is Nc1c(Cl)ccc(Cl)c1-c1nc2ncc(Br)cc2[nH]1. The fourth-order valence-corrected chi connectivity index (χ4v) is 2.54. The molecule has 3 aromatic rings. The minimum Gasteiger partial charge on any atom is -0.397 e. The first-order chi connectivity index (χ1) is 9.06. The highest BCUT2D eigenvalue weighted by atomic mass is 79.9. The fourth-order valence-electron chi connectivity index (χ4n) is 1.80. The van der Waals surface area contributed by atoms with Crippen LogP contribution in [0.2, 0.25) is 10.0 Å². The summed E-state index contributed by atoms with van der Waals surface area (Å²) in [5.41, 5.74) is 8.33. The number of rotatable bonds is 1. The Kier molecular flexibility index (Phi) is 3.12. The lowest BCUT2D eigenvalue weighted by molar-refractivity contribution is 1.30. The third-order valence-electron chi connectivity index (χ3n) is 2.68. The van der Waals surface area contributed by atoms with Gasteiger partial charge in [0, 0.05) is 10.7 Å². The third-order valence-corrected chi connectivity index (χ3v) is 3.76. The van der Waals surface area contributed by atoms with E-state index in [1.54, 1.807) is 18.3 Å². The average Bonchev–Trinajstić information content (AvgIpc) is 2.77. The topological polar surface area (TPSA) is 67.6 Å². The maximum atomic E-state index is 6.17. The van der Waals surface area contributed by atoms with E-state index in [0.717, 1.165) is 9.99 Å². The van der Waals surface area contributed by atoms with E-state index in [-0.39, 0.29) is 0 Å². The fraction of sp³-hybridized carbons (Fsp3) is 0. The number of hydrogen-bond donors (Lipinski definition) is 2. The number of nitrogens with zero attached hydrogens (tertiary/aromatic N) is 2. The summed E-state index contributed by atoms with van der Waals surface area (Å²) in [4.78, 5) is 11.7. The van der Waals surface area contributed by atoms with Gasteiger partial charge in [-0.1, -0.05) is 23.2 Å². The van der Waals surface area contributed by atoms with Crippen LogP contribution < -0.4 is 5.73 Å². The number of hydrogen-bond acceptors (Lipinski definition) is 3. The number of pyridine rings is 1. The molecule has 4 nitrogen and oxygen atoms in total. The van der Waals surface area contributed by atoms with E-state index in [4.69, 9.17) is 28.9 Å². The number of nitrogen functional groups attached to an aromatic ring is 1. The molecule has 0 aliphatic carbocycles. The Bertz CT molecular complexity index is 785. The van der Waals surface area contributed by atoms with Gasteiger partial charge >= 0.3 is 0 Å². The van der Waals surface area contributed by atoms with E-state index in [9.17, 15) is 0 Å². The van der Waals surface area contributed by atoms with Gasteiger partial charge in [-0.15, -0.1) is 0 Å². The molecule has 0 saturated heterocycles. The smallest absolute Gasteiger partial charge is 0.178 e. The van der Waals surface area contributed by atoms with E-state index in [0.29, 0.717) is 32.8 Å². The lowest BCUT2D eigenvalue weighted by atomic mass is 10.1. The van der Waals surface area contributed by atoms with E-state index in [2.05, 4.69) is 30.9 Å². The van der Waals surface area contributed by atoms with Crippen molar-refractivity contribution < 1.29 is 0 Å². The van der Waals surface area contributed by atoms with Crippen LogP contribution in [0.4, 0.5) is 5.69 Å². The number of halogens is 3. The van der Waals surface area contributed by atoms with Gasteiger partial charge in [0.25, 0.3) is 0 Å². The van der Waals surface area contributed by atoms with Crippen molar-refractivity contribution >= 4 is 56.0 Å². The molecule has 0 unspecified atom stereocenters. The lowest BCUT2D eigenvalue weighted by Gasteiger charge is -2.06. The molecule has 3 N–H and O–H groups in total. The Morgan fingerprint density at radius 3 is 2.74 bits per heavy atom. The first-order valence-electron chi connectivity index (χ1n) is 5.31. The second-order valence-corrected chi connectivity index (χ2v) is 5.66. The second kappa shape index (κ2) is 4.67. The van der Waals surface area contributed by atoms with Crippen LogP contribution >= 0.6 is 39.1 Å². The molecule has 2 heterocycles. The van der Waals surface area contributed by atoms with Gasteiger partial charge in [-0.2, -0.15) is 0 Å². The maximum absolute atomic E-state index is 6.17. The first kappa shape index (κ1) is 12.7. The summed E-state index contributed by atoms with van der Waals surface area (Å²) in [6, 6.07) is 5.22. The van der Waals surface area contributed by atoms with Crippen LogP contribution in [0.3, 0.4) is 0 Å². The van der Waals surface area contributed by atoms with Gasteiger partial charge in [0.15, 0.2) is 5.65 Å². The molecule has 0 bridgehead atoms. The van der Waals surface area contributed by atoms with Crippen LogP contribution in [-0.4, -0.2) is 15.0 Å². The largest absolute Gasteiger partial charge is 0.397 e. The number of imidazole rings is 1. The Labute approximate surface area is 127 Å². The van der Waals surface area contributed by atoms with Crippen molar-refractivity contribution in [1.29, 1.82) is 0 Å². The van der Waals surface area contributed by atoms with Crippen molar-refractivity contribution in [2.75, 3.05) is 5.73 Å². The van der Waals surface area contributed by atoms with Crippen LogP contribution in [0, 0.1) is 0 Å². The van der Waals surface area contributed by atoms with Gasteiger partial charge in [0.1, 0.15) is 5.82 Å². The number of aromatic nitrogens is 3. The van der Waals surface area contributed by atoms with Crippen molar-refractivity contribution in [3.63, 3.8) is 0 Å². The summed E-state index contributed by atoms with van der Waals surface area (Å²) in [5.74, 6) is 0.547. The number of fused-ring (bicyclic) bond motifs is 1. The highest BCUT2D eigenvalue weighted by Crippen LogP contribution is 2.36. The summed E-state index contributed by atoms with van der Waals surface area (Å²) in [6.45, 7) is 0. The minimum atomic E-state index is 0.396. The number of aromatic amines is 1. The number of H-pyrrole nitrogens is 1. The van der Waals surface area contributed by atoms with Crippen molar-refractivity contribution in [1.82, 2.24) is 15.0 Å². The molecule has 3 rings (SSSR count). The zero-order valence-corrected chi connectivity index (χ0v) is 12.5. The molecule has 96 valence electrons. The molecule has 1 aromatic carbocycles. The van der Waals surface area contributed by atoms with Crippen LogP contribution in [-0.2, 0) is 0 Å². The molecular weight excluding hydrogens is 351 g/mol. The lowest BCUT2D eigenvalue weighted by Crippen LogP contribution is -1.93. The molecule has 19 heavy (non-hydrogen) atoms. The third kappa shape index (κ3) is 2.18. The van der Waals surface area contributed by atoms with Gasteiger partial charge in [-0.3, -0.25) is 0 Å². The van der Waals surface area contributed by atoms with E-state index >= 15 is 0 Å². The Hall–Kier alpha value is -1.30. The number of nitrogens with one attached hydrogen (secondary N) is 1. The molecule has 0 amide bonds. The van der Waals surface area contributed by atoms with Gasteiger partial charge in [0.2, 0.25) is 0 Å². The molecule has 0 fully saturated rings. The number of nitrogens with two attached hydrogens (primary N) is 1. The molecule has 0 aliphatic rings. The normalized spacial score (nSPS) is 11.1. The maximum Gasteiger partial charge on any atom is 0.178 e. The molecule has 0 saturated carbocycles.